The highest BCUT2D eigenvalue weighted by Crippen LogP contribution is 2.50. The number of hydrogen-bond acceptors (Lipinski definition) is 4. The van der Waals surface area contributed by atoms with E-state index in [9.17, 15) is 0 Å². The maximum absolute atomic E-state index is 4.46. The molecule has 5 heteroatoms. The average molecular weight is 259 g/mol. The van der Waals surface area contributed by atoms with E-state index in [1.807, 2.05) is 18.8 Å². The van der Waals surface area contributed by atoms with Gasteiger partial charge in [-0.05, 0) is 12.1 Å². The van der Waals surface area contributed by atoms with Crippen molar-refractivity contribution in [1.82, 2.24) is 10.2 Å². The van der Waals surface area contributed by atoms with Crippen molar-refractivity contribution >= 4 is 39.7 Å². The average Bonchev–Trinajstić information content (AvgIpc) is 2.96. The summed E-state index contributed by atoms with van der Waals surface area (Å²) in [6.45, 7) is 0. The van der Waals surface area contributed by atoms with Gasteiger partial charge in [-0.2, -0.15) is 16.4 Å². The molecule has 84 valence electrons. The van der Waals surface area contributed by atoms with E-state index in [0.717, 1.165) is 11.2 Å². The van der Waals surface area contributed by atoms with Crippen molar-refractivity contribution in [3.8, 4) is 11.3 Å². The predicted molar refractivity (Wildman–Crippen MR) is 73.1 cm³/mol. The number of rotatable bonds is 1. The fourth-order valence-corrected chi connectivity index (χ4v) is 4.43. The Labute approximate surface area is 106 Å². The maximum atomic E-state index is 4.46. The van der Waals surface area contributed by atoms with E-state index in [2.05, 4.69) is 38.4 Å². The van der Waals surface area contributed by atoms with Crippen LogP contribution in [0.1, 0.15) is 0 Å². The fourth-order valence-electron chi connectivity index (χ4n) is 2.23. The fraction of sp³-hybridized carbons (Fsp3) is 0.0833. The summed E-state index contributed by atoms with van der Waals surface area (Å²) in [5.74, 6) is 0. The Bertz CT molecular complexity index is 727. The van der Waals surface area contributed by atoms with Crippen LogP contribution in [-0.4, -0.2) is 17.2 Å². The van der Waals surface area contributed by atoms with Crippen LogP contribution in [0.3, 0.4) is 0 Å². The standard InChI is InChI=1S/C12H9N3S2/c1-13-8-3-2-7-10-11(15-14-7)6-4-16-5-9(6)17-12(8)10/h2-5,13H,1H3,(H,14,15). The smallest absolute Gasteiger partial charge is 0.103 e. The summed E-state index contributed by atoms with van der Waals surface area (Å²) in [4.78, 5) is 2.58. The van der Waals surface area contributed by atoms with Crippen LogP contribution in [0.25, 0.3) is 22.2 Å². The Morgan fingerprint density at radius 3 is 3.12 bits per heavy atom. The van der Waals surface area contributed by atoms with E-state index in [1.165, 1.54) is 26.4 Å². The lowest BCUT2D eigenvalue weighted by Gasteiger charge is -2.15. The summed E-state index contributed by atoms with van der Waals surface area (Å²) in [6, 6.07) is 4.18. The molecule has 0 aliphatic carbocycles. The molecular weight excluding hydrogens is 250 g/mol. The van der Waals surface area contributed by atoms with Crippen LogP contribution < -0.4 is 5.32 Å². The van der Waals surface area contributed by atoms with Gasteiger partial charge in [0, 0.05) is 44.2 Å². The van der Waals surface area contributed by atoms with Gasteiger partial charge in [0.1, 0.15) is 5.69 Å². The Morgan fingerprint density at radius 1 is 1.29 bits per heavy atom. The predicted octanol–water partition coefficient (Wildman–Crippen LogP) is 3.80. The lowest BCUT2D eigenvalue weighted by molar-refractivity contribution is 1.12. The zero-order valence-corrected chi connectivity index (χ0v) is 10.7. The van der Waals surface area contributed by atoms with Gasteiger partial charge in [-0.3, -0.25) is 5.10 Å². The van der Waals surface area contributed by atoms with E-state index in [1.54, 1.807) is 11.3 Å². The van der Waals surface area contributed by atoms with Crippen LogP contribution in [0.5, 0.6) is 0 Å². The van der Waals surface area contributed by atoms with Gasteiger partial charge in [-0.15, -0.1) is 0 Å². The molecule has 0 amide bonds. The number of benzene rings is 1. The Morgan fingerprint density at radius 2 is 2.24 bits per heavy atom. The first-order valence-corrected chi connectivity index (χ1v) is 7.07. The molecule has 0 unspecified atom stereocenters. The summed E-state index contributed by atoms with van der Waals surface area (Å²) in [7, 11) is 1.96. The van der Waals surface area contributed by atoms with E-state index in [-0.39, 0.29) is 0 Å². The van der Waals surface area contributed by atoms with Gasteiger partial charge in [0.05, 0.1) is 5.52 Å². The molecule has 3 nitrogen and oxygen atoms in total. The van der Waals surface area contributed by atoms with Gasteiger partial charge in [-0.25, -0.2) is 0 Å². The Balaban J connectivity index is 2.18. The second-order valence-electron chi connectivity index (χ2n) is 3.94. The number of anilines is 1. The topological polar surface area (TPSA) is 40.7 Å². The van der Waals surface area contributed by atoms with E-state index in [0.29, 0.717) is 0 Å². The third-order valence-electron chi connectivity index (χ3n) is 3.05. The Hall–Kier alpha value is -1.46. The first-order valence-electron chi connectivity index (χ1n) is 5.31. The molecule has 2 aromatic heterocycles. The van der Waals surface area contributed by atoms with Crippen molar-refractivity contribution in [2.75, 3.05) is 12.4 Å². The first-order chi connectivity index (χ1) is 8.38. The first kappa shape index (κ1) is 9.56. The molecule has 4 rings (SSSR count). The van der Waals surface area contributed by atoms with Crippen molar-refractivity contribution in [2.45, 2.75) is 9.79 Å². The monoisotopic (exact) mass is 259 g/mol. The largest absolute Gasteiger partial charge is 0.387 e. The van der Waals surface area contributed by atoms with Crippen LogP contribution in [0, 0.1) is 0 Å². The highest BCUT2D eigenvalue weighted by molar-refractivity contribution is 8.00. The number of hydrogen-bond donors (Lipinski definition) is 2. The molecule has 1 aliphatic rings. The van der Waals surface area contributed by atoms with Gasteiger partial charge in [-0.1, -0.05) is 11.8 Å². The molecule has 0 atom stereocenters. The number of aromatic amines is 1. The van der Waals surface area contributed by atoms with Gasteiger partial charge in [0.2, 0.25) is 0 Å². The van der Waals surface area contributed by atoms with Gasteiger partial charge >= 0.3 is 0 Å². The van der Waals surface area contributed by atoms with Crippen LogP contribution in [0.2, 0.25) is 0 Å². The minimum absolute atomic E-state index is 1.09. The SMILES string of the molecule is CNc1ccc2[nH]nc3c2c1Sc1cscc1-3. The van der Waals surface area contributed by atoms with Gasteiger partial charge in [0.25, 0.3) is 0 Å². The van der Waals surface area contributed by atoms with Crippen LogP contribution in [-0.2, 0) is 0 Å². The summed E-state index contributed by atoms with van der Waals surface area (Å²) >= 11 is 3.56. The number of nitrogens with one attached hydrogen (secondary N) is 2. The molecule has 0 radical (unpaired) electrons. The molecule has 1 aromatic carbocycles. The molecular formula is C12H9N3S2. The number of H-pyrrole nitrogens is 1. The third kappa shape index (κ3) is 1.15. The molecule has 0 saturated carbocycles. The molecule has 0 saturated heterocycles. The van der Waals surface area contributed by atoms with Crippen LogP contribution >= 0.6 is 23.1 Å². The summed E-state index contributed by atoms with van der Waals surface area (Å²) in [5.41, 5.74) is 4.62. The highest BCUT2D eigenvalue weighted by Gasteiger charge is 2.24. The number of fused-ring (bicyclic) bond motifs is 2. The molecule has 17 heavy (non-hydrogen) atoms. The maximum Gasteiger partial charge on any atom is 0.103 e. The molecule has 0 spiro atoms. The molecule has 0 bridgehead atoms. The van der Waals surface area contributed by atoms with Gasteiger partial charge < -0.3 is 5.32 Å². The number of nitrogens with zero attached hydrogens (tertiary/aromatic N) is 1. The van der Waals surface area contributed by atoms with Crippen LogP contribution in [0.4, 0.5) is 5.69 Å². The van der Waals surface area contributed by atoms with Gasteiger partial charge in [0.15, 0.2) is 0 Å². The van der Waals surface area contributed by atoms with Crippen molar-refractivity contribution in [3.05, 3.63) is 22.9 Å². The summed E-state index contributed by atoms with van der Waals surface area (Å²) in [5, 5.41) is 16.4. The number of thiophene rings is 1. The van der Waals surface area contributed by atoms with E-state index < -0.39 is 0 Å². The second kappa shape index (κ2) is 3.27. The summed E-state index contributed by atoms with van der Waals surface area (Å²) in [6.07, 6.45) is 0. The van der Waals surface area contributed by atoms with E-state index >= 15 is 0 Å². The quantitative estimate of drug-likeness (QED) is 0.546. The zero-order chi connectivity index (χ0) is 11.4. The number of aromatic nitrogens is 2. The third-order valence-corrected chi connectivity index (χ3v) is 5.12. The lowest BCUT2D eigenvalue weighted by Crippen LogP contribution is -1.94. The van der Waals surface area contributed by atoms with Crippen molar-refractivity contribution in [2.24, 2.45) is 0 Å². The van der Waals surface area contributed by atoms with Crippen molar-refractivity contribution in [3.63, 3.8) is 0 Å². The molecule has 2 N–H and O–H groups in total. The van der Waals surface area contributed by atoms with Crippen LogP contribution in [0.15, 0.2) is 32.7 Å². The highest BCUT2D eigenvalue weighted by atomic mass is 32.2. The lowest BCUT2D eigenvalue weighted by atomic mass is 10.1. The molecule has 1 aliphatic heterocycles. The second-order valence-corrected chi connectivity index (χ2v) is 5.73. The van der Waals surface area contributed by atoms with Crippen molar-refractivity contribution < 1.29 is 0 Å². The van der Waals surface area contributed by atoms with Crippen molar-refractivity contribution in [1.29, 1.82) is 0 Å². The minimum atomic E-state index is 1.09. The summed E-state index contributed by atoms with van der Waals surface area (Å²) < 4.78 is 0. The molecule has 3 heterocycles. The molecule has 3 aromatic rings. The zero-order valence-electron chi connectivity index (χ0n) is 9.07. The minimum Gasteiger partial charge on any atom is -0.387 e. The van der Waals surface area contributed by atoms with E-state index in [4.69, 9.17) is 0 Å². The Kier molecular flexibility index (Phi) is 1.84. The normalized spacial score (nSPS) is 12.8. The molecule has 0 fully saturated rings.